The Kier molecular flexibility index (Phi) is 5.15. The van der Waals surface area contributed by atoms with E-state index in [0.29, 0.717) is 24.8 Å². The first-order valence-electron chi connectivity index (χ1n) is 8.89. The molecule has 140 valence electrons. The summed E-state index contributed by atoms with van der Waals surface area (Å²) < 4.78 is 11.6. The van der Waals surface area contributed by atoms with E-state index < -0.39 is 0 Å². The summed E-state index contributed by atoms with van der Waals surface area (Å²) in [7, 11) is 0. The van der Waals surface area contributed by atoms with Crippen LogP contribution in [0.1, 0.15) is 48.0 Å². The van der Waals surface area contributed by atoms with Gasteiger partial charge in [-0.2, -0.15) is 4.98 Å². The molecule has 3 heterocycles. The fourth-order valence-corrected chi connectivity index (χ4v) is 4.69. The van der Waals surface area contributed by atoms with Crippen molar-refractivity contribution in [2.75, 3.05) is 13.1 Å². The van der Waals surface area contributed by atoms with Crippen molar-refractivity contribution in [1.29, 1.82) is 0 Å². The van der Waals surface area contributed by atoms with Crippen LogP contribution in [-0.2, 0) is 24.2 Å². The molecular weight excluding hydrogens is 376 g/mol. The minimum Gasteiger partial charge on any atom is -0.365 e. The van der Waals surface area contributed by atoms with Crippen molar-refractivity contribution in [3.05, 3.63) is 32.6 Å². The molecule has 0 radical (unpaired) electrons. The van der Waals surface area contributed by atoms with Gasteiger partial charge in [0.2, 0.25) is 0 Å². The number of nitrogens with zero attached hydrogens (tertiary/aromatic N) is 3. The average molecular weight is 397 g/mol. The fourth-order valence-electron chi connectivity index (χ4n) is 3.30. The van der Waals surface area contributed by atoms with Gasteiger partial charge in [-0.1, -0.05) is 23.7 Å². The number of hydrogen-bond acceptors (Lipinski definition) is 6. The largest absolute Gasteiger partial charge is 0.365 e. The number of amides is 2. The van der Waals surface area contributed by atoms with E-state index in [-0.39, 0.29) is 24.8 Å². The van der Waals surface area contributed by atoms with Crippen LogP contribution in [0.15, 0.2) is 10.6 Å². The maximum atomic E-state index is 12.5. The van der Waals surface area contributed by atoms with Crippen LogP contribution in [0, 0.1) is 0 Å². The Morgan fingerprint density at radius 1 is 1.54 bits per heavy atom. The van der Waals surface area contributed by atoms with Gasteiger partial charge in [0.1, 0.15) is 6.61 Å². The highest BCUT2D eigenvalue weighted by Gasteiger charge is 2.34. The van der Waals surface area contributed by atoms with Crippen molar-refractivity contribution in [3.8, 4) is 0 Å². The smallest absolute Gasteiger partial charge is 0.318 e. The average Bonchev–Trinajstić information content (AvgIpc) is 3.19. The molecule has 4 rings (SSSR count). The molecule has 0 bridgehead atoms. The zero-order valence-electron chi connectivity index (χ0n) is 14.5. The van der Waals surface area contributed by atoms with Crippen molar-refractivity contribution in [2.45, 2.75) is 51.4 Å². The van der Waals surface area contributed by atoms with Crippen molar-refractivity contribution < 1.29 is 14.1 Å². The first-order valence-corrected chi connectivity index (χ1v) is 10.1. The standard InChI is InChI=1S/C17H21ClN4O3S/c1-2-15-20-16(25-21-15)9-24-10-7-22(8-10)17(23)19-12-4-3-5-13-11(12)6-14(18)26-13/h6,10,12H,2-5,7-9H2,1H3,(H,19,23). The maximum Gasteiger partial charge on any atom is 0.318 e. The van der Waals surface area contributed by atoms with E-state index >= 15 is 0 Å². The number of rotatable bonds is 5. The van der Waals surface area contributed by atoms with Crippen molar-refractivity contribution in [3.63, 3.8) is 0 Å². The molecule has 0 aromatic carbocycles. The number of thiophene rings is 1. The topological polar surface area (TPSA) is 80.5 Å². The number of carbonyl (C=O) groups is 1. The highest BCUT2D eigenvalue weighted by Crippen LogP contribution is 2.38. The molecule has 2 amide bonds. The predicted molar refractivity (Wildman–Crippen MR) is 97.4 cm³/mol. The predicted octanol–water partition coefficient (Wildman–Crippen LogP) is 3.33. The lowest BCUT2D eigenvalue weighted by atomic mass is 9.94. The van der Waals surface area contributed by atoms with Crippen molar-refractivity contribution >= 4 is 29.0 Å². The van der Waals surface area contributed by atoms with Crippen molar-refractivity contribution in [2.24, 2.45) is 0 Å². The molecule has 0 spiro atoms. The number of hydrogen-bond donors (Lipinski definition) is 1. The highest BCUT2D eigenvalue weighted by molar-refractivity contribution is 7.16. The number of carbonyl (C=O) groups excluding carboxylic acids is 1. The number of aromatic nitrogens is 2. The minimum atomic E-state index is -0.0453. The number of fused-ring (bicyclic) bond motifs is 1. The maximum absolute atomic E-state index is 12.5. The van der Waals surface area contributed by atoms with E-state index in [1.165, 1.54) is 10.4 Å². The van der Waals surface area contributed by atoms with E-state index in [4.69, 9.17) is 20.9 Å². The second kappa shape index (κ2) is 7.54. The lowest BCUT2D eigenvalue weighted by Crippen LogP contribution is -2.58. The number of likely N-dealkylation sites (tertiary alicyclic amines) is 1. The van der Waals surface area contributed by atoms with Crippen LogP contribution in [0.4, 0.5) is 4.79 Å². The third-order valence-electron chi connectivity index (χ3n) is 4.79. The van der Waals surface area contributed by atoms with Crippen LogP contribution >= 0.6 is 22.9 Å². The lowest BCUT2D eigenvalue weighted by Gasteiger charge is -2.39. The van der Waals surface area contributed by atoms with Gasteiger partial charge in [-0.25, -0.2) is 4.79 Å². The molecule has 7 nitrogen and oxygen atoms in total. The summed E-state index contributed by atoms with van der Waals surface area (Å²) in [6, 6.07) is 2.00. The number of nitrogens with one attached hydrogen (secondary N) is 1. The number of halogens is 1. The fraction of sp³-hybridized carbons (Fsp3) is 0.588. The van der Waals surface area contributed by atoms with Crippen LogP contribution in [0.25, 0.3) is 0 Å². The molecule has 1 atom stereocenters. The Morgan fingerprint density at radius 3 is 3.15 bits per heavy atom. The minimum absolute atomic E-state index is 0.00948. The Balaban J connectivity index is 1.24. The summed E-state index contributed by atoms with van der Waals surface area (Å²) >= 11 is 7.75. The van der Waals surface area contributed by atoms with Gasteiger partial charge in [0, 0.05) is 11.3 Å². The molecule has 26 heavy (non-hydrogen) atoms. The summed E-state index contributed by atoms with van der Waals surface area (Å²) in [5.41, 5.74) is 1.18. The van der Waals surface area contributed by atoms with Gasteiger partial charge in [-0.05, 0) is 30.9 Å². The summed E-state index contributed by atoms with van der Waals surface area (Å²) in [6.07, 6.45) is 3.82. The van der Waals surface area contributed by atoms with E-state index in [1.807, 2.05) is 13.0 Å². The summed E-state index contributed by atoms with van der Waals surface area (Å²) in [4.78, 5) is 19.7. The quantitative estimate of drug-likeness (QED) is 0.838. The Morgan fingerprint density at radius 2 is 2.38 bits per heavy atom. The van der Waals surface area contributed by atoms with Gasteiger partial charge in [0.25, 0.3) is 5.89 Å². The first kappa shape index (κ1) is 17.8. The molecule has 9 heteroatoms. The van der Waals surface area contributed by atoms with Gasteiger partial charge in [0.15, 0.2) is 5.82 Å². The first-order chi connectivity index (χ1) is 12.6. The van der Waals surface area contributed by atoms with Crippen LogP contribution < -0.4 is 5.32 Å². The summed E-state index contributed by atoms with van der Waals surface area (Å²) in [5.74, 6) is 1.16. The molecule has 1 aliphatic carbocycles. The number of ether oxygens (including phenoxy) is 1. The van der Waals surface area contributed by atoms with Crippen LogP contribution in [-0.4, -0.2) is 40.3 Å². The van der Waals surface area contributed by atoms with E-state index in [2.05, 4.69) is 15.5 Å². The van der Waals surface area contributed by atoms with Gasteiger partial charge < -0.3 is 19.5 Å². The Bertz CT molecular complexity index is 787. The zero-order chi connectivity index (χ0) is 18.1. The highest BCUT2D eigenvalue weighted by atomic mass is 35.5. The lowest BCUT2D eigenvalue weighted by molar-refractivity contribution is -0.0519. The van der Waals surface area contributed by atoms with E-state index in [0.717, 1.165) is 30.0 Å². The van der Waals surface area contributed by atoms with Gasteiger partial charge in [-0.3, -0.25) is 0 Å². The molecule has 1 aliphatic heterocycles. The molecule has 2 aromatic rings. The molecule has 1 saturated heterocycles. The van der Waals surface area contributed by atoms with Gasteiger partial charge in [0.05, 0.1) is 29.6 Å². The zero-order valence-corrected chi connectivity index (χ0v) is 16.1. The second-order valence-electron chi connectivity index (χ2n) is 6.62. The third kappa shape index (κ3) is 3.72. The third-order valence-corrected chi connectivity index (χ3v) is 6.13. The molecule has 1 unspecified atom stereocenters. The summed E-state index contributed by atoms with van der Waals surface area (Å²) in [6.45, 7) is 3.40. The van der Waals surface area contributed by atoms with Crippen LogP contribution in [0.3, 0.4) is 0 Å². The number of urea groups is 1. The van der Waals surface area contributed by atoms with Gasteiger partial charge >= 0.3 is 6.03 Å². The van der Waals surface area contributed by atoms with E-state index in [9.17, 15) is 4.79 Å². The molecule has 0 saturated carbocycles. The number of aryl methyl sites for hydroxylation is 2. The van der Waals surface area contributed by atoms with Crippen LogP contribution in [0.2, 0.25) is 4.34 Å². The monoisotopic (exact) mass is 396 g/mol. The van der Waals surface area contributed by atoms with Crippen molar-refractivity contribution in [1.82, 2.24) is 20.4 Å². The Labute approximate surface area is 160 Å². The SMILES string of the molecule is CCc1noc(COC2CN(C(=O)NC3CCCc4sc(Cl)cc43)C2)n1. The Hall–Kier alpha value is -1.64. The molecule has 2 aliphatic rings. The van der Waals surface area contributed by atoms with Crippen LogP contribution in [0.5, 0.6) is 0 Å². The molecule has 2 aromatic heterocycles. The summed E-state index contributed by atoms with van der Waals surface area (Å²) in [5, 5.41) is 6.97. The van der Waals surface area contributed by atoms with Gasteiger partial charge in [-0.15, -0.1) is 11.3 Å². The normalized spacial score (nSPS) is 19.9. The molecular formula is C17H21ClN4O3S. The molecule has 1 N–H and O–H groups in total. The molecule has 1 fully saturated rings. The second-order valence-corrected chi connectivity index (χ2v) is 8.39. The van der Waals surface area contributed by atoms with E-state index in [1.54, 1.807) is 16.2 Å².